The second-order valence-corrected chi connectivity index (χ2v) is 8.81. The molecule has 0 saturated heterocycles. The summed E-state index contributed by atoms with van der Waals surface area (Å²) in [5.74, 6) is 1.41. The maximum absolute atomic E-state index is 13.6. The Morgan fingerprint density at radius 3 is 2.07 bits per heavy atom. The van der Waals surface area contributed by atoms with E-state index in [-0.39, 0.29) is 11.1 Å². The monoisotopic (exact) mass is 558 g/mol. The maximum atomic E-state index is 13.6. The molecule has 1 heterocycles. The molecular formula is C31H34N4O6. The van der Waals surface area contributed by atoms with Gasteiger partial charge in [0, 0.05) is 11.1 Å². The number of rotatable bonds is 12. The number of amides is 1. The molecule has 0 radical (unpaired) electrons. The van der Waals surface area contributed by atoms with Crippen molar-refractivity contribution in [2.45, 2.75) is 27.7 Å². The van der Waals surface area contributed by atoms with E-state index in [4.69, 9.17) is 18.9 Å². The van der Waals surface area contributed by atoms with E-state index >= 15 is 0 Å². The van der Waals surface area contributed by atoms with Gasteiger partial charge in [0.1, 0.15) is 5.75 Å². The number of carbonyl (C=O) groups excluding carboxylic acids is 1. The number of nitrogens with one attached hydrogen (secondary N) is 2. The lowest BCUT2D eigenvalue weighted by Gasteiger charge is -2.16. The number of hydrogen-bond acceptors (Lipinski definition) is 7. The summed E-state index contributed by atoms with van der Waals surface area (Å²) in [4.78, 5) is 26.9. The minimum atomic E-state index is -0.501. The van der Waals surface area contributed by atoms with Gasteiger partial charge < -0.3 is 18.9 Å². The molecule has 4 aromatic rings. The van der Waals surface area contributed by atoms with Crippen LogP contribution < -0.4 is 29.9 Å². The first-order chi connectivity index (χ1) is 19.9. The Balaban J connectivity index is 1.73. The number of para-hydroxylation sites is 1. The fourth-order valence-corrected chi connectivity index (χ4v) is 4.27. The molecule has 10 nitrogen and oxygen atoms in total. The number of carbonyl (C=O) groups is 1. The van der Waals surface area contributed by atoms with Crippen molar-refractivity contribution in [2.24, 2.45) is 5.10 Å². The van der Waals surface area contributed by atoms with Crippen LogP contribution in [0.5, 0.6) is 23.0 Å². The fourth-order valence-electron chi connectivity index (χ4n) is 4.27. The number of H-pyrrole nitrogens is 1. The molecule has 4 rings (SSSR count). The van der Waals surface area contributed by atoms with Crippen molar-refractivity contribution in [1.82, 2.24) is 15.2 Å². The molecule has 10 heteroatoms. The minimum absolute atomic E-state index is 0.267. The summed E-state index contributed by atoms with van der Waals surface area (Å²) in [6.07, 6.45) is 0. The van der Waals surface area contributed by atoms with Crippen molar-refractivity contribution in [3.63, 3.8) is 0 Å². The Morgan fingerprint density at radius 1 is 0.902 bits per heavy atom. The minimum Gasteiger partial charge on any atom is -0.497 e. The molecule has 0 spiro atoms. The van der Waals surface area contributed by atoms with Crippen LogP contribution in [0.1, 0.15) is 43.6 Å². The summed E-state index contributed by atoms with van der Waals surface area (Å²) < 4.78 is 23.9. The van der Waals surface area contributed by atoms with Crippen LogP contribution >= 0.6 is 0 Å². The van der Waals surface area contributed by atoms with Crippen molar-refractivity contribution in [3.8, 4) is 39.9 Å². The van der Waals surface area contributed by atoms with E-state index < -0.39 is 5.91 Å². The van der Waals surface area contributed by atoms with Gasteiger partial charge in [0.25, 0.3) is 11.5 Å². The van der Waals surface area contributed by atoms with Crippen LogP contribution in [0.2, 0.25) is 0 Å². The van der Waals surface area contributed by atoms with E-state index in [9.17, 15) is 9.59 Å². The Kier molecular flexibility index (Phi) is 9.47. The van der Waals surface area contributed by atoms with Gasteiger partial charge in [0.05, 0.1) is 49.6 Å². The van der Waals surface area contributed by atoms with Crippen molar-refractivity contribution in [3.05, 3.63) is 88.2 Å². The Morgan fingerprint density at radius 2 is 1.51 bits per heavy atom. The summed E-state index contributed by atoms with van der Waals surface area (Å²) in [5, 5.41) is 7.52. The predicted octanol–water partition coefficient (Wildman–Crippen LogP) is 5.19. The average molecular weight is 559 g/mol. The van der Waals surface area contributed by atoms with Gasteiger partial charge in [0.15, 0.2) is 11.5 Å². The van der Waals surface area contributed by atoms with Gasteiger partial charge >= 0.3 is 0 Å². The van der Waals surface area contributed by atoms with Crippen LogP contribution in [-0.4, -0.2) is 48.3 Å². The molecule has 1 amide bonds. The Labute approximate surface area is 238 Å². The summed E-state index contributed by atoms with van der Waals surface area (Å²) in [5.41, 5.74) is 5.14. The molecule has 3 aromatic carbocycles. The molecule has 0 saturated carbocycles. The first kappa shape index (κ1) is 29.0. The summed E-state index contributed by atoms with van der Waals surface area (Å²) in [6.45, 7) is 8.38. The second kappa shape index (κ2) is 13.4. The molecule has 1 aromatic heterocycles. The van der Waals surface area contributed by atoms with E-state index in [2.05, 4.69) is 15.6 Å². The number of nitrogens with zero attached hydrogens (tertiary/aromatic N) is 2. The topological polar surface area (TPSA) is 116 Å². The molecule has 0 atom stereocenters. The normalized spacial score (nSPS) is 11.2. The Hall–Kier alpha value is -4.99. The first-order valence-electron chi connectivity index (χ1n) is 13.4. The molecular weight excluding hydrogens is 524 g/mol. The highest BCUT2D eigenvalue weighted by Crippen LogP contribution is 2.39. The van der Waals surface area contributed by atoms with Crippen molar-refractivity contribution in [2.75, 3.05) is 26.9 Å². The summed E-state index contributed by atoms with van der Waals surface area (Å²) in [6, 6.07) is 19.7. The molecule has 2 N–H and O–H groups in total. The summed E-state index contributed by atoms with van der Waals surface area (Å²) in [7, 11) is 1.59. The second-order valence-electron chi connectivity index (χ2n) is 8.81. The molecule has 41 heavy (non-hydrogen) atoms. The van der Waals surface area contributed by atoms with Crippen LogP contribution in [0.4, 0.5) is 0 Å². The van der Waals surface area contributed by atoms with Crippen LogP contribution in [0.25, 0.3) is 16.9 Å². The van der Waals surface area contributed by atoms with E-state index in [1.165, 1.54) is 4.68 Å². The van der Waals surface area contributed by atoms with E-state index in [0.717, 1.165) is 5.56 Å². The molecule has 0 aliphatic rings. The number of ether oxygens (including phenoxy) is 4. The number of aromatic nitrogens is 2. The van der Waals surface area contributed by atoms with Crippen molar-refractivity contribution >= 4 is 11.6 Å². The average Bonchev–Trinajstić information content (AvgIpc) is 3.34. The highest BCUT2D eigenvalue weighted by atomic mass is 16.5. The van der Waals surface area contributed by atoms with Crippen molar-refractivity contribution in [1.29, 1.82) is 0 Å². The molecule has 0 aliphatic carbocycles. The molecule has 0 fully saturated rings. The van der Waals surface area contributed by atoms with Gasteiger partial charge in [-0.25, -0.2) is 10.1 Å². The number of hydrogen-bond donors (Lipinski definition) is 2. The number of aromatic amines is 1. The number of benzene rings is 3. The van der Waals surface area contributed by atoms with Gasteiger partial charge in [0.2, 0.25) is 5.75 Å². The van der Waals surface area contributed by atoms with Crippen LogP contribution in [0.3, 0.4) is 0 Å². The zero-order valence-corrected chi connectivity index (χ0v) is 23.8. The van der Waals surface area contributed by atoms with Crippen LogP contribution in [0.15, 0.2) is 76.6 Å². The molecule has 0 unspecified atom stereocenters. The summed E-state index contributed by atoms with van der Waals surface area (Å²) >= 11 is 0. The highest BCUT2D eigenvalue weighted by molar-refractivity contribution is 6.05. The van der Waals surface area contributed by atoms with Crippen LogP contribution in [0, 0.1) is 0 Å². The van der Waals surface area contributed by atoms with Gasteiger partial charge in [-0.2, -0.15) is 5.10 Å². The smallest absolute Gasteiger partial charge is 0.281 e. The third-order valence-electron chi connectivity index (χ3n) is 6.14. The lowest BCUT2D eigenvalue weighted by molar-refractivity contribution is 0.0953. The standard InChI is InChI=1S/C31H34N4O6/c1-6-39-25-18-22(19-26(40-7-2)29(25)41-8-3)30(36)33-32-20(4)27-28(21-14-16-24(38-5)17-15-21)34-35(31(27)37)23-12-10-9-11-13-23/h9-19,34H,6-8H2,1-5H3,(H,33,36). The SMILES string of the molecule is CCOc1cc(C(=O)NN=C(C)c2c(-c3ccc(OC)cc3)[nH]n(-c3ccccc3)c2=O)cc(OCC)c1OCC. The van der Waals surface area contributed by atoms with E-state index in [1.54, 1.807) is 26.2 Å². The van der Waals surface area contributed by atoms with E-state index in [0.29, 0.717) is 65.5 Å². The third-order valence-corrected chi connectivity index (χ3v) is 6.14. The number of hydrazone groups is 1. The first-order valence-corrected chi connectivity index (χ1v) is 13.4. The van der Waals surface area contributed by atoms with Crippen LogP contribution in [-0.2, 0) is 0 Å². The van der Waals surface area contributed by atoms with Crippen molar-refractivity contribution < 1.29 is 23.7 Å². The van der Waals surface area contributed by atoms with Gasteiger partial charge in [-0.3, -0.25) is 14.7 Å². The van der Waals surface area contributed by atoms with E-state index in [1.807, 2.05) is 75.4 Å². The molecule has 0 bridgehead atoms. The largest absolute Gasteiger partial charge is 0.497 e. The molecule has 0 aliphatic heterocycles. The zero-order chi connectivity index (χ0) is 29.4. The molecule has 214 valence electrons. The van der Waals surface area contributed by atoms with Gasteiger partial charge in [-0.15, -0.1) is 0 Å². The number of methoxy groups -OCH3 is 1. The Bertz CT molecular complexity index is 1550. The lowest BCUT2D eigenvalue weighted by Crippen LogP contribution is -2.23. The lowest BCUT2D eigenvalue weighted by atomic mass is 10.1. The predicted molar refractivity (Wildman–Crippen MR) is 158 cm³/mol. The van der Waals surface area contributed by atoms with Gasteiger partial charge in [-0.05, 0) is 76.2 Å². The third kappa shape index (κ3) is 6.43. The fraction of sp³-hybridized carbons (Fsp3) is 0.258. The zero-order valence-electron chi connectivity index (χ0n) is 23.8. The highest BCUT2D eigenvalue weighted by Gasteiger charge is 2.21. The maximum Gasteiger partial charge on any atom is 0.281 e. The van der Waals surface area contributed by atoms with Gasteiger partial charge in [-0.1, -0.05) is 18.2 Å². The quantitative estimate of drug-likeness (QED) is 0.183.